The zero-order valence-electron chi connectivity index (χ0n) is 17.4. The van der Waals surface area contributed by atoms with Gasteiger partial charge in [-0.3, -0.25) is 19.3 Å². The second-order valence-electron chi connectivity index (χ2n) is 7.15. The van der Waals surface area contributed by atoms with Gasteiger partial charge in [-0.05, 0) is 35.7 Å². The molecular weight excluding hydrogens is 448 g/mol. The Kier molecular flexibility index (Phi) is 6.74. The molecule has 12 heteroatoms. The highest BCUT2D eigenvalue weighted by molar-refractivity contribution is 7.08. The quantitative estimate of drug-likeness (QED) is 0.408. The average molecular weight is 468 g/mol. The summed E-state index contributed by atoms with van der Waals surface area (Å²) in [4.78, 5) is 52.6. The Morgan fingerprint density at radius 1 is 1.06 bits per heavy atom. The molecule has 0 aliphatic carbocycles. The van der Waals surface area contributed by atoms with Crippen molar-refractivity contribution in [2.24, 2.45) is 0 Å². The Morgan fingerprint density at radius 2 is 1.76 bits per heavy atom. The van der Waals surface area contributed by atoms with Crippen LogP contribution in [0.2, 0.25) is 0 Å². The lowest BCUT2D eigenvalue weighted by atomic mass is 10.2. The van der Waals surface area contributed by atoms with Crippen molar-refractivity contribution in [3.05, 3.63) is 47.0 Å². The number of aromatic nitrogens is 2. The second kappa shape index (κ2) is 10.0. The van der Waals surface area contributed by atoms with Crippen LogP contribution in [0.4, 0.5) is 16.2 Å². The smallest absolute Gasteiger partial charge is 0.324 e. The zero-order chi connectivity index (χ0) is 23.2. The van der Waals surface area contributed by atoms with Gasteiger partial charge in [0.15, 0.2) is 0 Å². The summed E-state index contributed by atoms with van der Waals surface area (Å²) in [6.07, 6.45) is 0.475. The molecule has 1 aliphatic heterocycles. The van der Waals surface area contributed by atoms with E-state index in [1.165, 1.54) is 11.3 Å². The number of benzene rings is 1. The summed E-state index contributed by atoms with van der Waals surface area (Å²) in [6, 6.07) is 8.01. The molecule has 1 fully saturated rings. The molecule has 0 saturated carbocycles. The molecule has 3 aromatic rings. The Balaban J connectivity index is 1.20. The number of nitrogens with zero attached hydrogens (tertiary/aromatic N) is 3. The number of thiophene rings is 1. The molecule has 170 valence electrons. The molecule has 4 rings (SSSR count). The SMILES string of the molecule is O=C(CCc1nc(-c2ccsc2)no1)Nc1ccc(NC(=O)CCN2C(=O)CNC2=O)cc1. The fourth-order valence-electron chi connectivity index (χ4n) is 3.06. The highest BCUT2D eigenvalue weighted by atomic mass is 32.1. The largest absolute Gasteiger partial charge is 0.339 e. The monoisotopic (exact) mass is 468 g/mol. The van der Waals surface area contributed by atoms with Crippen LogP contribution in [0.1, 0.15) is 18.7 Å². The third-order valence-electron chi connectivity index (χ3n) is 4.77. The molecule has 0 spiro atoms. The Labute approximate surface area is 192 Å². The number of carbonyl (C=O) groups is 4. The van der Waals surface area contributed by atoms with Crippen molar-refractivity contribution in [3.63, 3.8) is 0 Å². The van der Waals surface area contributed by atoms with E-state index in [0.29, 0.717) is 29.5 Å². The molecule has 1 saturated heterocycles. The summed E-state index contributed by atoms with van der Waals surface area (Å²) in [5, 5.41) is 15.6. The number of nitrogens with one attached hydrogen (secondary N) is 3. The zero-order valence-corrected chi connectivity index (χ0v) is 18.2. The van der Waals surface area contributed by atoms with E-state index in [4.69, 9.17) is 4.52 Å². The third-order valence-corrected chi connectivity index (χ3v) is 5.45. The van der Waals surface area contributed by atoms with E-state index in [9.17, 15) is 19.2 Å². The summed E-state index contributed by atoms with van der Waals surface area (Å²) in [6.45, 7) is -0.0296. The maximum atomic E-state index is 12.2. The number of urea groups is 1. The van der Waals surface area contributed by atoms with E-state index in [2.05, 4.69) is 26.1 Å². The number of hydrogen-bond acceptors (Lipinski definition) is 8. The Hall–Kier alpha value is -4.06. The minimum absolute atomic E-state index is 0.0125. The lowest BCUT2D eigenvalue weighted by Gasteiger charge is -2.12. The van der Waals surface area contributed by atoms with E-state index in [1.807, 2.05) is 16.8 Å². The van der Waals surface area contributed by atoms with Gasteiger partial charge in [-0.1, -0.05) is 5.16 Å². The summed E-state index contributed by atoms with van der Waals surface area (Å²) in [7, 11) is 0. The van der Waals surface area contributed by atoms with Gasteiger partial charge in [0.2, 0.25) is 29.4 Å². The molecular formula is C21H20N6O5S. The number of carbonyl (C=O) groups excluding carboxylic acids is 4. The van der Waals surface area contributed by atoms with Crippen LogP contribution in [0, 0.1) is 0 Å². The van der Waals surface area contributed by atoms with E-state index >= 15 is 0 Å². The summed E-state index contributed by atoms with van der Waals surface area (Å²) >= 11 is 1.54. The Bertz CT molecular complexity index is 1140. The van der Waals surface area contributed by atoms with Gasteiger partial charge in [-0.25, -0.2) is 4.79 Å². The van der Waals surface area contributed by atoms with E-state index in [1.54, 1.807) is 24.3 Å². The van der Waals surface area contributed by atoms with Crippen LogP contribution in [-0.4, -0.2) is 51.9 Å². The predicted octanol–water partition coefficient (Wildman–Crippen LogP) is 2.25. The average Bonchev–Trinajstić information content (AvgIpc) is 3.55. The lowest BCUT2D eigenvalue weighted by molar-refractivity contribution is -0.125. The maximum Gasteiger partial charge on any atom is 0.324 e. The first kappa shape index (κ1) is 22.1. The molecule has 2 aromatic heterocycles. The molecule has 1 aromatic carbocycles. The van der Waals surface area contributed by atoms with Crippen molar-refractivity contribution < 1.29 is 23.7 Å². The first-order valence-electron chi connectivity index (χ1n) is 10.1. The van der Waals surface area contributed by atoms with Gasteiger partial charge in [0.25, 0.3) is 0 Å². The topological polar surface area (TPSA) is 147 Å². The van der Waals surface area contributed by atoms with Crippen LogP contribution in [-0.2, 0) is 20.8 Å². The van der Waals surface area contributed by atoms with Crippen molar-refractivity contribution in [1.29, 1.82) is 0 Å². The van der Waals surface area contributed by atoms with Crippen LogP contribution in [0.3, 0.4) is 0 Å². The molecule has 0 radical (unpaired) electrons. The number of aryl methyl sites for hydroxylation is 1. The number of rotatable bonds is 9. The summed E-state index contributed by atoms with van der Waals surface area (Å²) in [5.74, 6) is -0.0108. The normalized spacial score (nSPS) is 13.2. The molecule has 1 aliphatic rings. The van der Waals surface area contributed by atoms with E-state index < -0.39 is 6.03 Å². The maximum absolute atomic E-state index is 12.2. The van der Waals surface area contributed by atoms with Gasteiger partial charge in [0.1, 0.15) is 0 Å². The predicted molar refractivity (Wildman–Crippen MR) is 119 cm³/mol. The Morgan fingerprint density at radius 3 is 2.36 bits per heavy atom. The number of anilines is 2. The van der Waals surface area contributed by atoms with Crippen LogP contribution in [0.5, 0.6) is 0 Å². The molecule has 0 bridgehead atoms. The standard InChI is InChI=1S/C21H20N6O5S/c28-16(5-6-18-25-20(26-32-18)13-8-10-33-12-13)23-14-1-3-15(4-2-14)24-17(29)7-9-27-19(30)11-22-21(27)31/h1-4,8,10,12H,5-7,9,11H2,(H,22,31)(H,23,28)(H,24,29). The molecule has 0 unspecified atom stereocenters. The number of imide groups is 1. The molecule has 3 heterocycles. The minimum Gasteiger partial charge on any atom is -0.339 e. The van der Waals surface area contributed by atoms with Crippen LogP contribution < -0.4 is 16.0 Å². The van der Waals surface area contributed by atoms with Crippen LogP contribution in [0.25, 0.3) is 11.4 Å². The van der Waals surface area contributed by atoms with Gasteiger partial charge >= 0.3 is 6.03 Å². The molecule has 5 amide bonds. The number of amides is 5. The van der Waals surface area contributed by atoms with Crippen LogP contribution >= 0.6 is 11.3 Å². The fraction of sp³-hybridized carbons (Fsp3) is 0.238. The first-order chi connectivity index (χ1) is 16.0. The lowest BCUT2D eigenvalue weighted by Crippen LogP contribution is -2.33. The van der Waals surface area contributed by atoms with Gasteiger partial charge < -0.3 is 20.5 Å². The van der Waals surface area contributed by atoms with Gasteiger partial charge in [-0.15, -0.1) is 0 Å². The van der Waals surface area contributed by atoms with Crippen molar-refractivity contribution in [3.8, 4) is 11.4 Å². The summed E-state index contributed by atoms with van der Waals surface area (Å²) in [5.41, 5.74) is 1.98. The third kappa shape index (κ3) is 5.80. The van der Waals surface area contributed by atoms with Gasteiger partial charge in [0.05, 0.1) is 6.54 Å². The van der Waals surface area contributed by atoms with Gasteiger partial charge in [-0.2, -0.15) is 16.3 Å². The molecule has 3 N–H and O–H groups in total. The molecule has 11 nitrogen and oxygen atoms in total. The van der Waals surface area contributed by atoms with Crippen molar-refractivity contribution >= 4 is 46.5 Å². The van der Waals surface area contributed by atoms with Crippen molar-refractivity contribution in [2.45, 2.75) is 19.3 Å². The van der Waals surface area contributed by atoms with E-state index in [-0.39, 0.29) is 43.7 Å². The summed E-state index contributed by atoms with van der Waals surface area (Å²) < 4.78 is 5.19. The first-order valence-corrected chi connectivity index (χ1v) is 11.1. The minimum atomic E-state index is -0.491. The highest BCUT2D eigenvalue weighted by Crippen LogP contribution is 2.19. The molecule has 0 atom stereocenters. The van der Waals surface area contributed by atoms with Crippen LogP contribution in [0.15, 0.2) is 45.6 Å². The highest BCUT2D eigenvalue weighted by Gasteiger charge is 2.28. The number of hydrogen-bond donors (Lipinski definition) is 3. The van der Waals surface area contributed by atoms with E-state index in [0.717, 1.165) is 10.5 Å². The fourth-order valence-corrected chi connectivity index (χ4v) is 3.70. The van der Waals surface area contributed by atoms with Crippen molar-refractivity contribution in [1.82, 2.24) is 20.4 Å². The molecule has 33 heavy (non-hydrogen) atoms. The second-order valence-corrected chi connectivity index (χ2v) is 7.93. The van der Waals surface area contributed by atoms with Gasteiger partial charge in [0, 0.05) is 48.1 Å². The van der Waals surface area contributed by atoms with Crippen molar-refractivity contribution in [2.75, 3.05) is 23.7 Å².